The Kier molecular flexibility index (Phi) is 7.18. The van der Waals surface area contributed by atoms with Crippen LogP contribution in [0.5, 0.6) is 11.5 Å². The van der Waals surface area contributed by atoms with Gasteiger partial charge >= 0.3 is 5.97 Å². The summed E-state index contributed by atoms with van der Waals surface area (Å²) in [6, 6.07) is 14.2. The summed E-state index contributed by atoms with van der Waals surface area (Å²) in [6.45, 7) is 0.639. The van der Waals surface area contributed by atoms with Gasteiger partial charge in [-0.05, 0) is 69.5 Å². The van der Waals surface area contributed by atoms with Crippen molar-refractivity contribution in [3.63, 3.8) is 0 Å². The molecule has 0 aromatic heterocycles. The van der Waals surface area contributed by atoms with E-state index in [9.17, 15) is 9.18 Å². The monoisotopic (exact) mass is 493 g/mol. The van der Waals surface area contributed by atoms with E-state index in [0.717, 1.165) is 11.1 Å². The first-order valence-corrected chi connectivity index (χ1v) is 10.0. The van der Waals surface area contributed by atoms with Gasteiger partial charge < -0.3 is 19.9 Å². The smallest absolute Gasteiger partial charge is 0.335 e. The Morgan fingerprint density at radius 2 is 1.87 bits per heavy atom. The third kappa shape index (κ3) is 5.43. The topological polar surface area (TPSA) is 67.8 Å². The van der Waals surface area contributed by atoms with Gasteiger partial charge in [-0.2, -0.15) is 0 Å². The molecule has 0 bridgehead atoms. The van der Waals surface area contributed by atoms with E-state index in [1.807, 2.05) is 12.1 Å². The number of hydrogen-bond acceptors (Lipinski definition) is 4. The van der Waals surface area contributed by atoms with E-state index in [1.54, 1.807) is 12.1 Å². The molecule has 5 nitrogen and oxygen atoms in total. The highest BCUT2D eigenvalue weighted by atomic mass is 79.9. The molecule has 0 saturated heterocycles. The van der Waals surface area contributed by atoms with Crippen LogP contribution >= 0.6 is 27.5 Å². The molecule has 0 heterocycles. The second-order valence-corrected chi connectivity index (χ2v) is 7.64. The largest absolute Gasteiger partial charge is 0.493 e. The van der Waals surface area contributed by atoms with Gasteiger partial charge in [0.1, 0.15) is 12.4 Å². The minimum Gasteiger partial charge on any atom is -0.493 e. The maximum Gasteiger partial charge on any atom is 0.335 e. The number of ether oxygens (including phenoxy) is 2. The van der Waals surface area contributed by atoms with Crippen molar-refractivity contribution in [3.8, 4) is 11.5 Å². The fourth-order valence-electron chi connectivity index (χ4n) is 2.74. The second-order valence-electron chi connectivity index (χ2n) is 6.38. The maximum atomic E-state index is 13.0. The van der Waals surface area contributed by atoms with Crippen LogP contribution in [-0.4, -0.2) is 18.2 Å². The lowest BCUT2D eigenvalue weighted by Gasteiger charge is -2.15. The number of nitrogens with one attached hydrogen (secondary N) is 1. The molecule has 0 aliphatic rings. The molecule has 0 radical (unpaired) electrons. The van der Waals surface area contributed by atoms with Crippen LogP contribution in [0.4, 0.5) is 10.1 Å². The van der Waals surface area contributed by atoms with Crippen molar-refractivity contribution in [2.75, 3.05) is 12.4 Å². The number of anilines is 1. The van der Waals surface area contributed by atoms with Crippen molar-refractivity contribution >= 4 is 39.2 Å². The lowest BCUT2D eigenvalue weighted by atomic mass is 10.1. The fraction of sp³-hybridized carbons (Fsp3) is 0.136. The number of methoxy groups -OCH3 is 1. The minimum atomic E-state index is -1.03. The van der Waals surface area contributed by atoms with Gasteiger partial charge in [-0.15, -0.1) is 0 Å². The van der Waals surface area contributed by atoms with Crippen molar-refractivity contribution in [3.05, 3.63) is 86.6 Å². The molecule has 0 saturated carbocycles. The van der Waals surface area contributed by atoms with Gasteiger partial charge in [0.05, 0.1) is 27.9 Å². The highest BCUT2D eigenvalue weighted by molar-refractivity contribution is 9.10. The average molecular weight is 495 g/mol. The predicted octanol–water partition coefficient (Wildman–Crippen LogP) is 6.14. The molecule has 30 heavy (non-hydrogen) atoms. The fourth-order valence-corrected chi connectivity index (χ4v) is 3.53. The molecular weight excluding hydrogens is 477 g/mol. The van der Waals surface area contributed by atoms with Gasteiger partial charge in [0.2, 0.25) is 0 Å². The molecule has 0 aliphatic heterocycles. The first-order chi connectivity index (χ1) is 14.4. The summed E-state index contributed by atoms with van der Waals surface area (Å²) in [4.78, 5) is 11.2. The summed E-state index contributed by atoms with van der Waals surface area (Å²) >= 11 is 9.66. The number of aromatic carboxylic acids is 1. The predicted molar refractivity (Wildman–Crippen MR) is 117 cm³/mol. The van der Waals surface area contributed by atoms with Crippen LogP contribution in [0, 0.1) is 5.82 Å². The molecular formula is C22H18BrClFNO4. The van der Waals surface area contributed by atoms with Crippen LogP contribution in [0.1, 0.15) is 21.5 Å². The minimum absolute atomic E-state index is 0.144. The van der Waals surface area contributed by atoms with E-state index in [0.29, 0.717) is 33.2 Å². The Bertz CT molecular complexity index is 1060. The number of benzene rings is 3. The molecule has 156 valence electrons. The van der Waals surface area contributed by atoms with E-state index in [4.69, 9.17) is 26.2 Å². The van der Waals surface area contributed by atoms with E-state index < -0.39 is 5.97 Å². The molecule has 3 aromatic rings. The quantitative estimate of drug-likeness (QED) is 0.394. The molecule has 3 rings (SSSR count). The first kappa shape index (κ1) is 21.9. The molecule has 0 aliphatic carbocycles. The molecule has 0 amide bonds. The first-order valence-electron chi connectivity index (χ1n) is 8.87. The third-order valence-electron chi connectivity index (χ3n) is 4.28. The Morgan fingerprint density at radius 3 is 2.53 bits per heavy atom. The Labute approximate surface area is 186 Å². The Hall–Kier alpha value is -2.77. The van der Waals surface area contributed by atoms with Gasteiger partial charge in [0.15, 0.2) is 11.5 Å². The van der Waals surface area contributed by atoms with Gasteiger partial charge in [-0.3, -0.25) is 0 Å². The lowest BCUT2D eigenvalue weighted by molar-refractivity contribution is 0.0697. The van der Waals surface area contributed by atoms with Crippen molar-refractivity contribution in [2.24, 2.45) is 0 Å². The summed E-state index contributed by atoms with van der Waals surface area (Å²) in [5, 5.41) is 12.7. The number of carbonyl (C=O) groups is 1. The number of halogens is 3. The van der Waals surface area contributed by atoms with E-state index in [-0.39, 0.29) is 18.0 Å². The highest BCUT2D eigenvalue weighted by Crippen LogP contribution is 2.37. The lowest BCUT2D eigenvalue weighted by Crippen LogP contribution is -2.04. The van der Waals surface area contributed by atoms with Crippen LogP contribution < -0.4 is 14.8 Å². The normalized spacial score (nSPS) is 10.5. The standard InChI is InChI=1S/C22H18BrClFNO4/c1-29-20-9-14(11-26-19-10-15(22(27)28)4-7-18(19)24)8-17(23)21(20)30-12-13-2-5-16(25)6-3-13/h2-10,26H,11-12H2,1H3,(H,27,28). The van der Waals surface area contributed by atoms with Gasteiger partial charge in [-0.1, -0.05) is 23.7 Å². The molecule has 0 atom stereocenters. The summed E-state index contributed by atoms with van der Waals surface area (Å²) in [7, 11) is 1.54. The van der Waals surface area contributed by atoms with Gasteiger partial charge in [0, 0.05) is 6.54 Å². The second kappa shape index (κ2) is 9.82. The van der Waals surface area contributed by atoms with E-state index >= 15 is 0 Å². The third-order valence-corrected chi connectivity index (χ3v) is 5.20. The SMILES string of the molecule is COc1cc(CNc2cc(C(=O)O)ccc2Cl)cc(Br)c1OCc1ccc(F)cc1. The molecule has 0 unspecified atom stereocenters. The van der Waals surface area contributed by atoms with Crippen molar-refractivity contribution in [1.82, 2.24) is 0 Å². The summed E-state index contributed by atoms with van der Waals surface area (Å²) < 4.78 is 25.1. The zero-order chi connectivity index (χ0) is 21.7. The zero-order valence-electron chi connectivity index (χ0n) is 15.9. The van der Waals surface area contributed by atoms with Crippen molar-refractivity contribution in [2.45, 2.75) is 13.2 Å². The number of hydrogen-bond donors (Lipinski definition) is 2. The number of carboxylic acid groups (broad SMARTS) is 1. The molecule has 2 N–H and O–H groups in total. The summed E-state index contributed by atoms with van der Waals surface area (Å²) in [6.07, 6.45) is 0. The highest BCUT2D eigenvalue weighted by Gasteiger charge is 2.13. The molecule has 8 heteroatoms. The van der Waals surface area contributed by atoms with Crippen LogP contribution in [0.2, 0.25) is 5.02 Å². The van der Waals surface area contributed by atoms with Crippen molar-refractivity contribution in [1.29, 1.82) is 0 Å². The van der Waals surface area contributed by atoms with E-state index in [1.165, 1.54) is 37.4 Å². The summed E-state index contributed by atoms with van der Waals surface area (Å²) in [5.41, 5.74) is 2.35. The van der Waals surface area contributed by atoms with Gasteiger partial charge in [0.25, 0.3) is 0 Å². The number of carboxylic acids is 1. The van der Waals surface area contributed by atoms with E-state index in [2.05, 4.69) is 21.2 Å². The van der Waals surface area contributed by atoms with Crippen LogP contribution in [0.15, 0.2) is 59.1 Å². The Morgan fingerprint density at radius 1 is 1.13 bits per heavy atom. The van der Waals surface area contributed by atoms with Crippen LogP contribution in [0.3, 0.4) is 0 Å². The van der Waals surface area contributed by atoms with Crippen LogP contribution in [0.25, 0.3) is 0 Å². The molecule has 0 spiro atoms. The molecule has 3 aromatic carbocycles. The van der Waals surface area contributed by atoms with Crippen LogP contribution in [-0.2, 0) is 13.2 Å². The zero-order valence-corrected chi connectivity index (χ0v) is 18.3. The van der Waals surface area contributed by atoms with Crippen molar-refractivity contribution < 1.29 is 23.8 Å². The van der Waals surface area contributed by atoms with Gasteiger partial charge in [-0.25, -0.2) is 9.18 Å². The number of rotatable bonds is 8. The average Bonchev–Trinajstić information content (AvgIpc) is 2.73. The molecule has 0 fully saturated rings. The maximum absolute atomic E-state index is 13.0. The summed E-state index contributed by atoms with van der Waals surface area (Å²) in [5.74, 6) is -0.282. The Balaban J connectivity index is 1.74.